The summed E-state index contributed by atoms with van der Waals surface area (Å²) >= 11 is 0. The van der Waals surface area contributed by atoms with Gasteiger partial charge in [0.25, 0.3) is 5.91 Å². The number of aliphatic carboxylic acids is 1. The number of carboxylic acid groups (broad SMARTS) is 1. The van der Waals surface area contributed by atoms with Crippen LogP contribution in [0.4, 0.5) is 5.82 Å². The SMILES string of the molecule is CNC(=O)c1ccnc(N2C[C@H]3COc4ccccc4C[C@@]3(C(=O)O)C2)c1. The summed E-state index contributed by atoms with van der Waals surface area (Å²) in [4.78, 5) is 30.6. The number of nitrogens with zero attached hydrogens (tertiary/aromatic N) is 2. The van der Waals surface area contributed by atoms with Gasteiger partial charge in [-0.05, 0) is 30.2 Å². The number of carbonyl (C=O) groups excluding carboxylic acids is 1. The van der Waals surface area contributed by atoms with Crippen LogP contribution in [0.5, 0.6) is 5.75 Å². The Balaban J connectivity index is 1.68. The number of carbonyl (C=O) groups is 2. The highest BCUT2D eigenvalue weighted by Gasteiger charge is 2.54. The molecule has 140 valence electrons. The normalized spacial score (nSPS) is 23.6. The van der Waals surface area contributed by atoms with Gasteiger partial charge in [-0.2, -0.15) is 0 Å². The fourth-order valence-corrected chi connectivity index (χ4v) is 4.08. The molecule has 2 N–H and O–H groups in total. The standard InChI is InChI=1S/C20H21N3O4/c1-21-18(24)13-6-7-22-17(8-13)23-10-15-11-27-16-5-3-2-4-14(16)9-20(15,12-23)19(25)26/h2-8,15H,9-12H2,1H3,(H,21,24)(H,25,26)/t15-,20+/m0/s1. The molecule has 27 heavy (non-hydrogen) atoms. The van der Waals surface area contributed by atoms with E-state index in [9.17, 15) is 14.7 Å². The lowest BCUT2D eigenvalue weighted by Gasteiger charge is -2.27. The summed E-state index contributed by atoms with van der Waals surface area (Å²) in [5.41, 5.74) is 0.467. The molecule has 1 saturated heterocycles. The van der Waals surface area contributed by atoms with E-state index in [2.05, 4.69) is 10.3 Å². The smallest absolute Gasteiger partial charge is 0.312 e. The number of hydrogen-bond donors (Lipinski definition) is 2. The summed E-state index contributed by atoms with van der Waals surface area (Å²) in [5.74, 6) is 0.180. The Hall–Kier alpha value is -3.09. The lowest BCUT2D eigenvalue weighted by molar-refractivity contribution is -0.150. The van der Waals surface area contributed by atoms with Gasteiger partial charge in [0.15, 0.2) is 0 Å². The van der Waals surface area contributed by atoms with Gasteiger partial charge in [0.2, 0.25) is 0 Å². The molecule has 0 bridgehead atoms. The molecule has 2 aliphatic rings. The number of benzene rings is 1. The Labute approximate surface area is 157 Å². The maximum absolute atomic E-state index is 12.4. The molecule has 0 spiro atoms. The Morgan fingerprint density at radius 2 is 2.15 bits per heavy atom. The first-order chi connectivity index (χ1) is 13.0. The number of nitrogens with one attached hydrogen (secondary N) is 1. The average molecular weight is 367 g/mol. The number of hydrogen-bond acceptors (Lipinski definition) is 5. The number of carboxylic acids is 1. The molecule has 0 radical (unpaired) electrons. The lowest BCUT2D eigenvalue weighted by Crippen LogP contribution is -2.42. The van der Waals surface area contributed by atoms with Crippen LogP contribution < -0.4 is 15.0 Å². The number of aromatic nitrogens is 1. The van der Waals surface area contributed by atoms with Gasteiger partial charge in [-0.1, -0.05) is 18.2 Å². The third-order valence-electron chi connectivity index (χ3n) is 5.60. The first kappa shape index (κ1) is 17.3. The topological polar surface area (TPSA) is 91.8 Å². The van der Waals surface area contributed by atoms with Gasteiger partial charge < -0.3 is 20.1 Å². The van der Waals surface area contributed by atoms with Crippen LogP contribution in [0.2, 0.25) is 0 Å². The molecule has 0 aliphatic carbocycles. The van der Waals surface area contributed by atoms with Gasteiger partial charge in [-0.25, -0.2) is 4.98 Å². The third kappa shape index (κ3) is 2.89. The van der Waals surface area contributed by atoms with E-state index in [1.54, 1.807) is 25.4 Å². The Bertz CT molecular complexity index is 900. The van der Waals surface area contributed by atoms with E-state index in [1.807, 2.05) is 29.2 Å². The van der Waals surface area contributed by atoms with Crippen LogP contribution in [-0.4, -0.2) is 48.7 Å². The van der Waals surface area contributed by atoms with Crippen molar-refractivity contribution in [1.82, 2.24) is 10.3 Å². The second kappa shape index (κ2) is 6.57. The Kier molecular flexibility index (Phi) is 4.22. The van der Waals surface area contributed by atoms with E-state index in [-0.39, 0.29) is 11.8 Å². The minimum atomic E-state index is -0.947. The van der Waals surface area contributed by atoms with Crippen LogP contribution in [0.1, 0.15) is 15.9 Å². The number of amides is 1. The van der Waals surface area contributed by atoms with Gasteiger partial charge in [-0.3, -0.25) is 9.59 Å². The highest BCUT2D eigenvalue weighted by atomic mass is 16.5. The molecule has 2 aromatic rings. The number of anilines is 1. The Morgan fingerprint density at radius 1 is 1.33 bits per heavy atom. The van der Waals surface area contributed by atoms with Crippen molar-refractivity contribution in [3.63, 3.8) is 0 Å². The maximum Gasteiger partial charge on any atom is 0.312 e. The minimum absolute atomic E-state index is 0.173. The lowest BCUT2D eigenvalue weighted by atomic mass is 9.74. The summed E-state index contributed by atoms with van der Waals surface area (Å²) < 4.78 is 5.93. The van der Waals surface area contributed by atoms with Crippen molar-refractivity contribution in [3.8, 4) is 5.75 Å². The molecule has 3 heterocycles. The molecule has 0 unspecified atom stereocenters. The average Bonchev–Trinajstić information content (AvgIpc) is 2.98. The molecule has 7 nitrogen and oxygen atoms in total. The molecule has 1 fully saturated rings. The maximum atomic E-state index is 12.4. The van der Waals surface area contributed by atoms with Gasteiger partial charge in [-0.15, -0.1) is 0 Å². The van der Waals surface area contributed by atoms with Crippen molar-refractivity contribution >= 4 is 17.7 Å². The molecule has 1 amide bonds. The van der Waals surface area contributed by atoms with Crippen LogP contribution >= 0.6 is 0 Å². The van der Waals surface area contributed by atoms with E-state index in [1.165, 1.54) is 0 Å². The quantitative estimate of drug-likeness (QED) is 0.856. The monoisotopic (exact) mass is 367 g/mol. The summed E-state index contributed by atoms with van der Waals surface area (Å²) in [5, 5.41) is 12.7. The molecule has 4 rings (SSSR count). The molecule has 7 heteroatoms. The van der Waals surface area contributed by atoms with Crippen LogP contribution in [0.25, 0.3) is 0 Å². The van der Waals surface area contributed by atoms with Crippen molar-refractivity contribution in [2.24, 2.45) is 11.3 Å². The number of pyridine rings is 1. The second-order valence-electron chi connectivity index (χ2n) is 7.12. The molecule has 1 aromatic carbocycles. The number of fused-ring (bicyclic) bond motifs is 2. The fourth-order valence-electron chi connectivity index (χ4n) is 4.08. The predicted molar refractivity (Wildman–Crippen MR) is 99.0 cm³/mol. The zero-order chi connectivity index (χ0) is 19.0. The molecular formula is C20H21N3O4. The Morgan fingerprint density at radius 3 is 2.93 bits per heavy atom. The van der Waals surface area contributed by atoms with Crippen molar-refractivity contribution in [2.75, 3.05) is 31.6 Å². The predicted octanol–water partition coefficient (Wildman–Crippen LogP) is 1.58. The number of para-hydroxylation sites is 1. The number of rotatable bonds is 3. The van der Waals surface area contributed by atoms with Crippen molar-refractivity contribution in [3.05, 3.63) is 53.7 Å². The first-order valence-corrected chi connectivity index (χ1v) is 8.91. The van der Waals surface area contributed by atoms with Crippen LogP contribution in [0.15, 0.2) is 42.6 Å². The minimum Gasteiger partial charge on any atom is -0.493 e. The van der Waals surface area contributed by atoms with Gasteiger partial charge in [0.05, 0.1) is 12.0 Å². The van der Waals surface area contributed by atoms with Crippen LogP contribution in [-0.2, 0) is 11.2 Å². The summed E-state index contributed by atoms with van der Waals surface area (Å²) in [6.45, 7) is 1.19. The summed E-state index contributed by atoms with van der Waals surface area (Å²) in [7, 11) is 1.57. The summed E-state index contributed by atoms with van der Waals surface area (Å²) in [6.07, 6.45) is 1.99. The largest absolute Gasteiger partial charge is 0.493 e. The van der Waals surface area contributed by atoms with Gasteiger partial charge in [0, 0.05) is 37.8 Å². The van der Waals surface area contributed by atoms with E-state index in [0.29, 0.717) is 37.5 Å². The van der Waals surface area contributed by atoms with Gasteiger partial charge in [0.1, 0.15) is 11.6 Å². The van der Waals surface area contributed by atoms with Crippen molar-refractivity contribution in [1.29, 1.82) is 0 Å². The van der Waals surface area contributed by atoms with Crippen LogP contribution in [0.3, 0.4) is 0 Å². The fraction of sp³-hybridized carbons (Fsp3) is 0.350. The first-order valence-electron chi connectivity index (χ1n) is 8.91. The van der Waals surface area contributed by atoms with Crippen molar-refractivity contribution < 1.29 is 19.4 Å². The second-order valence-corrected chi connectivity index (χ2v) is 7.12. The zero-order valence-electron chi connectivity index (χ0n) is 15.0. The highest BCUT2D eigenvalue weighted by molar-refractivity contribution is 5.94. The molecular weight excluding hydrogens is 346 g/mol. The van der Waals surface area contributed by atoms with E-state index >= 15 is 0 Å². The number of ether oxygens (including phenoxy) is 1. The molecule has 2 aliphatic heterocycles. The zero-order valence-corrected chi connectivity index (χ0v) is 15.0. The van der Waals surface area contributed by atoms with Crippen LogP contribution in [0, 0.1) is 11.3 Å². The van der Waals surface area contributed by atoms with Crippen molar-refractivity contribution in [2.45, 2.75) is 6.42 Å². The van der Waals surface area contributed by atoms with Gasteiger partial charge >= 0.3 is 5.97 Å². The highest BCUT2D eigenvalue weighted by Crippen LogP contribution is 2.44. The van der Waals surface area contributed by atoms with E-state index < -0.39 is 11.4 Å². The molecule has 2 atom stereocenters. The van der Waals surface area contributed by atoms with E-state index in [4.69, 9.17) is 4.74 Å². The molecule has 1 aromatic heterocycles. The summed E-state index contributed by atoms with van der Waals surface area (Å²) in [6, 6.07) is 11.0. The molecule has 0 saturated carbocycles. The third-order valence-corrected chi connectivity index (χ3v) is 5.60. The van der Waals surface area contributed by atoms with E-state index in [0.717, 1.165) is 11.3 Å².